The highest BCUT2D eigenvalue weighted by molar-refractivity contribution is 6.17. The van der Waals surface area contributed by atoms with E-state index in [9.17, 15) is 9.90 Å². The summed E-state index contributed by atoms with van der Waals surface area (Å²) in [6.45, 7) is 3.32. The number of aliphatic hydroxyl groups is 1. The Bertz CT molecular complexity index is 429. The van der Waals surface area contributed by atoms with Gasteiger partial charge in [-0.3, -0.25) is 4.79 Å². The van der Waals surface area contributed by atoms with Gasteiger partial charge in [0.1, 0.15) is 5.76 Å². The fourth-order valence-electron chi connectivity index (χ4n) is 1.17. The van der Waals surface area contributed by atoms with Crippen LogP contribution in [-0.2, 0) is 4.79 Å². The molecule has 1 rings (SSSR count). The van der Waals surface area contributed by atoms with Gasteiger partial charge < -0.3 is 15.8 Å². The Morgan fingerprint density at radius 1 is 1.38 bits per heavy atom. The Kier molecular flexibility index (Phi) is 3.83. The second-order valence-corrected chi connectivity index (χ2v) is 3.46. The van der Waals surface area contributed by atoms with Gasteiger partial charge in [-0.2, -0.15) is 0 Å². The van der Waals surface area contributed by atoms with E-state index >= 15 is 0 Å². The summed E-state index contributed by atoms with van der Waals surface area (Å²) < 4.78 is 0. The van der Waals surface area contributed by atoms with Crippen molar-refractivity contribution >= 4 is 17.8 Å². The molecule has 0 atom stereocenters. The minimum Gasteiger partial charge on any atom is -0.512 e. The average molecular weight is 218 g/mol. The summed E-state index contributed by atoms with van der Waals surface area (Å²) in [5.41, 5.74) is 1.69. The van der Waals surface area contributed by atoms with Crippen LogP contribution in [0.25, 0.3) is 0 Å². The van der Waals surface area contributed by atoms with E-state index in [1.165, 1.54) is 6.92 Å². The van der Waals surface area contributed by atoms with Crippen molar-refractivity contribution in [3.05, 3.63) is 41.2 Å². The third-order valence-electron chi connectivity index (χ3n) is 2.09. The van der Waals surface area contributed by atoms with Crippen LogP contribution in [0.4, 0.5) is 5.69 Å². The summed E-state index contributed by atoms with van der Waals surface area (Å²) in [6.07, 6.45) is 0.832. The lowest BCUT2D eigenvalue weighted by Crippen LogP contribution is -2.16. The molecule has 0 aromatic heterocycles. The van der Waals surface area contributed by atoms with Crippen molar-refractivity contribution in [2.24, 2.45) is 0 Å². The first-order valence-corrected chi connectivity index (χ1v) is 4.83. The Morgan fingerprint density at radius 3 is 2.38 bits per heavy atom. The molecule has 0 aliphatic heterocycles. The van der Waals surface area contributed by atoms with E-state index in [0.717, 1.165) is 11.8 Å². The predicted octanol–water partition coefficient (Wildman–Crippen LogP) is 2.42. The van der Waals surface area contributed by atoms with Crippen LogP contribution in [0.5, 0.6) is 0 Å². The minimum absolute atomic E-state index is 0.0411. The highest BCUT2D eigenvalue weighted by atomic mass is 16.3. The summed E-state index contributed by atoms with van der Waals surface area (Å²) in [5, 5.41) is 18.8. The van der Waals surface area contributed by atoms with Crippen molar-refractivity contribution in [2.75, 3.05) is 5.32 Å². The summed E-state index contributed by atoms with van der Waals surface area (Å²) in [7, 11) is 0. The molecule has 1 aromatic carbocycles. The van der Waals surface area contributed by atoms with Crippen LogP contribution in [-0.4, -0.2) is 17.2 Å². The zero-order chi connectivity index (χ0) is 12.1. The van der Waals surface area contributed by atoms with E-state index in [0.29, 0.717) is 5.69 Å². The molecule has 3 N–H and O–H groups in total. The molecule has 1 aromatic rings. The molecular formula is C12H14N2O2. The molecule has 0 aliphatic rings. The van der Waals surface area contributed by atoms with E-state index in [1.807, 2.05) is 19.1 Å². The Morgan fingerprint density at radius 2 is 1.94 bits per heavy atom. The molecule has 0 spiro atoms. The Labute approximate surface area is 94.1 Å². The van der Waals surface area contributed by atoms with Gasteiger partial charge in [0.2, 0.25) is 0 Å². The van der Waals surface area contributed by atoms with Gasteiger partial charge in [-0.1, -0.05) is 17.7 Å². The fraction of sp³-hybridized carbons (Fsp3) is 0.167. The van der Waals surface area contributed by atoms with Crippen LogP contribution in [0.2, 0.25) is 0 Å². The predicted molar refractivity (Wildman–Crippen MR) is 63.9 cm³/mol. The normalized spacial score (nSPS) is 11.6. The van der Waals surface area contributed by atoms with Gasteiger partial charge in [0.15, 0.2) is 0 Å². The number of hydrogen-bond acceptors (Lipinski definition) is 3. The number of aryl methyl sites for hydroxylation is 1. The van der Waals surface area contributed by atoms with Crippen molar-refractivity contribution in [3.63, 3.8) is 0 Å². The van der Waals surface area contributed by atoms with Crippen molar-refractivity contribution in [3.8, 4) is 0 Å². The van der Waals surface area contributed by atoms with Crippen molar-refractivity contribution in [1.82, 2.24) is 0 Å². The van der Waals surface area contributed by atoms with Crippen LogP contribution in [0.3, 0.4) is 0 Å². The second kappa shape index (κ2) is 5.11. The number of nitrogens with one attached hydrogen (secondary N) is 2. The van der Waals surface area contributed by atoms with Gasteiger partial charge in [0, 0.05) is 11.9 Å². The number of carbonyl (C=O) groups is 1. The molecule has 0 heterocycles. The smallest absolute Gasteiger partial charge is 0.260 e. The highest BCUT2D eigenvalue weighted by Crippen LogP contribution is 2.10. The van der Waals surface area contributed by atoms with Crippen LogP contribution < -0.4 is 5.32 Å². The molecule has 0 bridgehead atoms. The molecule has 4 nitrogen and oxygen atoms in total. The molecule has 16 heavy (non-hydrogen) atoms. The maximum atomic E-state index is 11.6. The molecule has 84 valence electrons. The maximum Gasteiger partial charge on any atom is 0.260 e. The van der Waals surface area contributed by atoms with Gasteiger partial charge in [0.25, 0.3) is 5.91 Å². The van der Waals surface area contributed by atoms with E-state index in [-0.39, 0.29) is 11.3 Å². The molecule has 4 heteroatoms. The largest absolute Gasteiger partial charge is 0.512 e. The van der Waals surface area contributed by atoms with E-state index < -0.39 is 5.91 Å². The van der Waals surface area contributed by atoms with Crippen LogP contribution >= 0.6 is 0 Å². The molecule has 0 saturated heterocycles. The summed E-state index contributed by atoms with van der Waals surface area (Å²) >= 11 is 0. The number of carbonyl (C=O) groups excluding carboxylic acids is 1. The first-order valence-electron chi connectivity index (χ1n) is 4.83. The molecule has 0 fully saturated rings. The first-order chi connectivity index (χ1) is 7.54. The van der Waals surface area contributed by atoms with Crippen molar-refractivity contribution < 1.29 is 9.90 Å². The first kappa shape index (κ1) is 12.0. The number of aliphatic hydroxyl groups excluding tert-OH is 1. The number of rotatable bonds is 3. The summed E-state index contributed by atoms with van der Waals surface area (Å²) in [6, 6.07) is 7.27. The number of amides is 1. The number of benzene rings is 1. The Hall–Kier alpha value is -2.10. The molecule has 0 radical (unpaired) electrons. The van der Waals surface area contributed by atoms with Crippen LogP contribution in [0, 0.1) is 12.3 Å². The maximum absolute atomic E-state index is 11.6. The number of hydrogen-bond donors (Lipinski definition) is 3. The van der Waals surface area contributed by atoms with Gasteiger partial charge in [-0.25, -0.2) is 0 Å². The van der Waals surface area contributed by atoms with Crippen molar-refractivity contribution in [1.29, 1.82) is 5.41 Å². The fourth-order valence-corrected chi connectivity index (χ4v) is 1.17. The lowest BCUT2D eigenvalue weighted by Gasteiger charge is -2.06. The van der Waals surface area contributed by atoms with E-state index in [1.54, 1.807) is 12.1 Å². The third kappa shape index (κ3) is 2.95. The SMILES string of the molecule is C/C(O)=C(\C=N)C(=O)Nc1ccc(C)cc1. The zero-order valence-corrected chi connectivity index (χ0v) is 9.24. The topological polar surface area (TPSA) is 73.2 Å². The summed E-state index contributed by atoms with van der Waals surface area (Å²) in [4.78, 5) is 11.6. The second-order valence-electron chi connectivity index (χ2n) is 3.46. The van der Waals surface area contributed by atoms with E-state index in [4.69, 9.17) is 5.41 Å². The highest BCUT2D eigenvalue weighted by Gasteiger charge is 2.10. The van der Waals surface area contributed by atoms with Crippen molar-refractivity contribution in [2.45, 2.75) is 13.8 Å². The monoisotopic (exact) mass is 218 g/mol. The van der Waals surface area contributed by atoms with Gasteiger partial charge >= 0.3 is 0 Å². The number of allylic oxidation sites excluding steroid dienone is 1. The zero-order valence-electron chi connectivity index (χ0n) is 9.24. The standard InChI is InChI=1S/C12H14N2O2/c1-8-3-5-10(6-4-8)14-12(16)11(7-13)9(2)15/h3-7,13,15H,1-2H3,(H,14,16)/b11-9-,13-7?. The van der Waals surface area contributed by atoms with Gasteiger partial charge in [-0.15, -0.1) is 0 Å². The lowest BCUT2D eigenvalue weighted by atomic mass is 10.2. The van der Waals surface area contributed by atoms with E-state index in [2.05, 4.69) is 5.32 Å². The molecule has 0 aliphatic carbocycles. The lowest BCUT2D eigenvalue weighted by molar-refractivity contribution is -0.112. The van der Waals surface area contributed by atoms with Gasteiger partial charge in [-0.05, 0) is 26.0 Å². The third-order valence-corrected chi connectivity index (χ3v) is 2.09. The molecular weight excluding hydrogens is 204 g/mol. The number of anilines is 1. The quantitative estimate of drug-likeness (QED) is 0.414. The minimum atomic E-state index is -0.487. The van der Waals surface area contributed by atoms with Gasteiger partial charge in [0.05, 0.1) is 5.57 Å². The molecule has 1 amide bonds. The van der Waals surface area contributed by atoms with Crippen LogP contribution in [0.15, 0.2) is 35.6 Å². The average Bonchev–Trinajstić information content (AvgIpc) is 2.22. The Balaban J connectivity index is 2.83. The summed E-state index contributed by atoms with van der Waals surface area (Å²) in [5.74, 6) is -0.654. The molecule has 0 unspecified atom stereocenters. The van der Waals surface area contributed by atoms with Crippen LogP contribution in [0.1, 0.15) is 12.5 Å². The molecule has 0 saturated carbocycles.